The van der Waals surface area contributed by atoms with Gasteiger partial charge in [-0.2, -0.15) is 0 Å². The van der Waals surface area contributed by atoms with E-state index in [0.29, 0.717) is 31.2 Å². The number of halogens is 1. The number of nitrogens with one attached hydrogen (secondary N) is 1. The zero-order chi connectivity index (χ0) is 22.7. The van der Waals surface area contributed by atoms with E-state index in [-0.39, 0.29) is 40.3 Å². The molecule has 11 heteroatoms. The fraction of sp³-hybridized carbons (Fsp3) is 0.381. The van der Waals surface area contributed by atoms with Crippen molar-refractivity contribution in [3.63, 3.8) is 0 Å². The minimum atomic E-state index is -3.67. The van der Waals surface area contributed by atoms with Crippen molar-refractivity contribution in [1.82, 2.24) is 15.0 Å². The molecule has 1 fully saturated rings. The van der Waals surface area contributed by atoms with Crippen LogP contribution in [0.25, 0.3) is 22.7 Å². The van der Waals surface area contributed by atoms with Crippen molar-refractivity contribution in [2.24, 2.45) is 0 Å². The van der Waals surface area contributed by atoms with Gasteiger partial charge in [-0.1, -0.05) is 13.0 Å². The van der Waals surface area contributed by atoms with Gasteiger partial charge in [-0.3, -0.25) is 4.72 Å². The summed E-state index contributed by atoms with van der Waals surface area (Å²) in [6.45, 7) is 2.90. The number of nitrogens with two attached hydrogens (primary N) is 1. The van der Waals surface area contributed by atoms with Gasteiger partial charge >= 0.3 is 0 Å². The Kier molecular flexibility index (Phi) is 6.38. The number of ether oxygens (including phenoxy) is 1. The Morgan fingerprint density at radius 1 is 1.22 bits per heavy atom. The predicted molar refractivity (Wildman–Crippen MR) is 118 cm³/mol. The molecule has 3 N–H and O–H groups in total. The summed E-state index contributed by atoms with van der Waals surface area (Å²) in [7, 11) is -3.67. The van der Waals surface area contributed by atoms with Gasteiger partial charge in [0.25, 0.3) is 0 Å². The molecule has 1 aliphatic heterocycles. The van der Waals surface area contributed by atoms with E-state index in [1.165, 1.54) is 18.3 Å². The molecule has 2 aromatic heterocycles. The molecular weight excluding hydrogens is 437 g/mol. The van der Waals surface area contributed by atoms with E-state index >= 15 is 4.39 Å². The molecule has 0 spiro atoms. The van der Waals surface area contributed by atoms with Gasteiger partial charge in [0.15, 0.2) is 17.5 Å². The van der Waals surface area contributed by atoms with Gasteiger partial charge in [-0.05, 0) is 37.5 Å². The number of sulfonamides is 1. The number of aromatic nitrogens is 3. The quantitative estimate of drug-likeness (QED) is 0.546. The van der Waals surface area contributed by atoms with Gasteiger partial charge in [-0.15, -0.1) is 0 Å². The summed E-state index contributed by atoms with van der Waals surface area (Å²) in [5.74, 6) is -0.106. The third-order valence-corrected chi connectivity index (χ3v) is 6.59. The highest BCUT2D eigenvalue weighted by molar-refractivity contribution is 7.92. The van der Waals surface area contributed by atoms with E-state index in [4.69, 9.17) is 14.9 Å². The number of oxazole rings is 1. The molecule has 0 bridgehead atoms. The van der Waals surface area contributed by atoms with Crippen molar-refractivity contribution in [2.75, 3.05) is 29.4 Å². The average Bonchev–Trinajstić information content (AvgIpc) is 3.21. The number of benzene rings is 1. The molecule has 9 nitrogen and oxygen atoms in total. The van der Waals surface area contributed by atoms with Gasteiger partial charge in [0.2, 0.25) is 16.0 Å². The third kappa shape index (κ3) is 4.73. The van der Waals surface area contributed by atoms with Crippen LogP contribution in [0.3, 0.4) is 0 Å². The predicted octanol–water partition coefficient (Wildman–Crippen LogP) is 3.57. The van der Waals surface area contributed by atoms with Crippen LogP contribution in [-0.4, -0.2) is 42.3 Å². The second-order valence-electron chi connectivity index (χ2n) is 7.50. The second kappa shape index (κ2) is 9.21. The summed E-state index contributed by atoms with van der Waals surface area (Å²) in [4.78, 5) is 12.7. The van der Waals surface area contributed by atoms with Crippen molar-refractivity contribution in [3.8, 4) is 22.7 Å². The molecule has 0 saturated carbocycles. The Balaban J connectivity index is 1.82. The van der Waals surface area contributed by atoms with Crippen LogP contribution < -0.4 is 10.5 Å². The molecule has 0 unspecified atom stereocenters. The molecular formula is C21H24FN5O4S. The smallest absolute Gasteiger partial charge is 0.232 e. The summed E-state index contributed by atoms with van der Waals surface area (Å²) in [5.41, 5.74) is 6.25. The molecule has 32 heavy (non-hydrogen) atoms. The first kappa shape index (κ1) is 22.2. The zero-order valence-electron chi connectivity index (χ0n) is 17.5. The molecule has 1 saturated heterocycles. The van der Waals surface area contributed by atoms with Gasteiger partial charge in [-0.25, -0.2) is 27.8 Å². The third-order valence-electron chi connectivity index (χ3n) is 5.11. The first-order chi connectivity index (χ1) is 15.4. The zero-order valence-corrected chi connectivity index (χ0v) is 18.4. The van der Waals surface area contributed by atoms with Crippen LogP contribution in [0.4, 0.5) is 16.0 Å². The molecule has 0 amide bonds. The first-order valence-corrected chi connectivity index (χ1v) is 12.0. The molecule has 0 radical (unpaired) electrons. The summed E-state index contributed by atoms with van der Waals surface area (Å²) in [5, 5.41) is 0. The molecule has 0 aliphatic carbocycles. The minimum Gasteiger partial charge on any atom is -0.438 e. The van der Waals surface area contributed by atoms with E-state index in [2.05, 4.69) is 19.7 Å². The summed E-state index contributed by atoms with van der Waals surface area (Å²) < 4.78 is 53.6. The van der Waals surface area contributed by atoms with Crippen LogP contribution >= 0.6 is 0 Å². The van der Waals surface area contributed by atoms with Crippen molar-refractivity contribution < 1.29 is 22.0 Å². The van der Waals surface area contributed by atoms with E-state index in [1.54, 1.807) is 19.1 Å². The fourth-order valence-corrected chi connectivity index (χ4v) is 4.73. The number of nitrogen functional groups attached to an aromatic ring is 1. The summed E-state index contributed by atoms with van der Waals surface area (Å²) in [6.07, 6.45) is 3.34. The first-order valence-electron chi connectivity index (χ1n) is 10.3. The molecule has 1 aromatic carbocycles. The van der Waals surface area contributed by atoms with Gasteiger partial charge in [0.1, 0.15) is 11.4 Å². The Hall–Kier alpha value is -3.05. The molecule has 4 rings (SSSR count). The van der Waals surface area contributed by atoms with Crippen LogP contribution in [0.15, 0.2) is 34.9 Å². The molecule has 3 aromatic rings. The lowest BCUT2D eigenvalue weighted by Gasteiger charge is -2.18. The highest BCUT2D eigenvalue weighted by Gasteiger charge is 2.27. The highest BCUT2D eigenvalue weighted by atomic mass is 32.2. The van der Waals surface area contributed by atoms with E-state index in [0.717, 1.165) is 12.8 Å². The summed E-state index contributed by atoms with van der Waals surface area (Å²) in [6, 6.07) is 6.05. The Bertz CT molecular complexity index is 1210. The SMILES string of the molecule is CCCS(=O)(=O)Nc1cccc(-c2nc(C3CCOCC3)oc2-c2ccnc(N)n2)c1F. The van der Waals surface area contributed by atoms with E-state index in [1.807, 2.05) is 0 Å². The lowest BCUT2D eigenvalue weighted by atomic mass is 10.0. The monoisotopic (exact) mass is 461 g/mol. The minimum absolute atomic E-state index is 0.0183. The van der Waals surface area contributed by atoms with Crippen LogP contribution in [-0.2, 0) is 14.8 Å². The van der Waals surface area contributed by atoms with Crippen LogP contribution in [0, 0.1) is 5.82 Å². The molecule has 3 heterocycles. The number of nitrogens with zero attached hydrogens (tertiary/aromatic N) is 3. The number of anilines is 2. The van der Waals surface area contributed by atoms with Crippen molar-refractivity contribution in [3.05, 3.63) is 42.2 Å². The maximum Gasteiger partial charge on any atom is 0.232 e. The Labute approximate surface area is 185 Å². The average molecular weight is 462 g/mol. The van der Waals surface area contributed by atoms with Crippen LogP contribution in [0.5, 0.6) is 0 Å². The Morgan fingerprint density at radius 3 is 2.72 bits per heavy atom. The standard InChI is InChI=1S/C21H24FN5O4S/c1-2-12-32(28,29)27-15-5-3-4-14(17(15)22)18-19(16-6-9-24-21(23)25-16)31-20(26-18)13-7-10-30-11-8-13/h3-6,9,13,27H,2,7-8,10-12H2,1H3,(H2,23,24,25). The van der Waals surface area contributed by atoms with Crippen molar-refractivity contribution >= 4 is 21.7 Å². The van der Waals surface area contributed by atoms with Gasteiger partial charge in [0.05, 0.1) is 11.4 Å². The maximum absolute atomic E-state index is 15.5. The summed E-state index contributed by atoms with van der Waals surface area (Å²) >= 11 is 0. The van der Waals surface area contributed by atoms with Gasteiger partial charge < -0.3 is 14.9 Å². The van der Waals surface area contributed by atoms with Crippen molar-refractivity contribution in [1.29, 1.82) is 0 Å². The lowest BCUT2D eigenvalue weighted by molar-refractivity contribution is 0.0796. The molecule has 0 atom stereocenters. The normalized spacial score (nSPS) is 15.1. The Morgan fingerprint density at radius 2 is 2.00 bits per heavy atom. The largest absolute Gasteiger partial charge is 0.438 e. The molecule has 1 aliphatic rings. The topological polar surface area (TPSA) is 133 Å². The van der Waals surface area contributed by atoms with E-state index in [9.17, 15) is 8.42 Å². The van der Waals surface area contributed by atoms with Crippen LogP contribution in [0.2, 0.25) is 0 Å². The number of hydrogen-bond donors (Lipinski definition) is 2. The van der Waals surface area contributed by atoms with Crippen LogP contribution in [0.1, 0.15) is 38.0 Å². The number of rotatable bonds is 7. The van der Waals surface area contributed by atoms with Gasteiger partial charge in [0, 0.05) is 30.9 Å². The van der Waals surface area contributed by atoms with E-state index < -0.39 is 15.8 Å². The second-order valence-corrected chi connectivity index (χ2v) is 9.35. The number of hydrogen-bond acceptors (Lipinski definition) is 8. The fourth-order valence-electron chi connectivity index (χ4n) is 3.59. The lowest BCUT2D eigenvalue weighted by Crippen LogP contribution is -2.17. The highest BCUT2D eigenvalue weighted by Crippen LogP contribution is 2.38. The maximum atomic E-state index is 15.5. The molecule has 170 valence electrons. The van der Waals surface area contributed by atoms with Crippen molar-refractivity contribution in [2.45, 2.75) is 32.1 Å².